The van der Waals surface area contributed by atoms with Crippen LogP contribution in [0.25, 0.3) is 0 Å². The van der Waals surface area contributed by atoms with E-state index in [1.807, 2.05) is 19.9 Å². The van der Waals surface area contributed by atoms with E-state index in [9.17, 15) is 0 Å². The van der Waals surface area contributed by atoms with E-state index in [0.29, 0.717) is 12.5 Å². The lowest BCUT2D eigenvalue weighted by atomic mass is 9.84. The van der Waals surface area contributed by atoms with Crippen molar-refractivity contribution >= 4 is 11.6 Å². The van der Waals surface area contributed by atoms with Gasteiger partial charge in [0.15, 0.2) is 0 Å². The monoisotopic (exact) mass is 302 g/mol. The number of nitrogens with zero attached hydrogens (tertiary/aromatic N) is 1. The van der Waals surface area contributed by atoms with Gasteiger partial charge in [-0.1, -0.05) is 49.7 Å². The highest BCUT2D eigenvalue weighted by atomic mass is 35.5. The molecule has 1 aliphatic carbocycles. The van der Waals surface area contributed by atoms with Crippen LogP contribution in [0.1, 0.15) is 42.1 Å². The Morgan fingerprint density at radius 1 is 1.19 bits per heavy atom. The highest BCUT2D eigenvalue weighted by Gasteiger charge is 2.20. The number of hydrogen-bond donors (Lipinski definition) is 1. The molecule has 0 amide bonds. The van der Waals surface area contributed by atoms with Gasteiger partial charge in [0, 0.05) is 17.8 Å². The number of benzene rings is 1. The lowest BCUT2D eigenvalue weighted by Crippen LogP contribution is -2.20. The first-order chi connectivity index (χ1) is 10.3. The van der Waals surface area contributed by atoms with Crippen molar-refractivity contribution in [1.82, 2.24) is 4.98 Å². The second-order valence-electron chi connectivity index (χ2n) is 5.09. The van der Waals surface area contributed by atoms with Crippen LogP contribution in [0.2, 0.25) is 5.02 Å². The number of rotatable bonds is 1. The fraction of sp³-hybridized carbons (Fsp3) is 0.389. The molecule has 0 bridgehead atoms. The van der Waals surface area contributed by atoms with Gasteiger partial charge in [0.05, 0.1) is 5.02 Å². The van der Waals surface area contributed by atoms with Crippen molar-refractivity contribution in [2.24, 2.45) is 5.73 Å². The molecule has 0 saturated carbocycles. The molecule has 0 radical (unpaired) electrons. The molecule has 2 N–H and O–H groups in total. The van der Waals surface area contributed by atoms with Gasteiger partial charge in [-0.25, -0.2) is 0 Å². The van der Waals surface area contributed by atoms with E-state index < -0.39 is 0 Å². The van der Waals surface area contributed by atoms with Crippen LogP contribution in [0.3, 0.4) is 0 Å². The van der Waals surface area contributed by atoms with E-state index in [4.69, 9.17) is 17.3 Å². The predicted molar refractivity (Wildman–Crippen MR) is 89.9 cm³/mol. The van der Waals surface area contributed by atoms with Crippen LogP contribution in [-0.2, 0) is 19.3 Å². The van der Waals surface area contributed by atoms with Gasteiger partial charge < -0.3 is 5.73 Å². The Balaban J connectivity index is 0.000000774. The molecule has 1 aromatic carbocycles. The standard InChI is InChI=1S/C16H17ClN2.C2H6/c17-14-7-12-6-5-11-3-1-2-4-15(11)13(9-18)8-16(12)19-10-14;1-2/h1-4,7,10,13H,5-6,8-9,18H2;1-2H3/t13-;/m0./s1. The van der Waals surface area contributed by atoms with Gasteiger partial charge in [-0.2, -0.15) is 0 Å². The molecule has 2 nitrogen and oxygen atoms in total. The van der Waals surface area contributed by atoms with Crippen LogP contribution in [0.15, 0.2) is 36.5 Å². The van der Waals surface area contributed by atoms with E-state index in [0.717, 1.165) is 30.0 Å². The normalized spacial score (nSPS) is 16.7. The molecule has 0 fully saturated rings. The first-order valence-corrected chi connectivity index (χ1v) is 8.07. The fourth-order valence-electron chi connectivity index (χ4n) is 2.89. The highest BCUT2D eigenvalue weighted by Crippen LogP contribution is 2.29. The van der Waals surface area contributed by atoms with Crippen molar-refractivity contribution in [3.05, 3.63) is 63.9 Å². The molecule has 1 aliphatic rings. The smallest absolute Gasteiger partial charge is 0.0592 e. The molecule has 0 unspecified atom stereocenters. The van der Waals surface area contributed by atoms with Gasteiger partial charge >= 0.3 is 0 Å². The molecule has 21 heavy (non-hydrogen) atoms. The zero-order valence-electron chi connectivity index (χ0n) is 12.8. The Morgan fingerprint density at radius 3 is 2.67 bits per heavy atom. The summed E-state index contributed by atoms with van der Waals surface area (Å²) in [7, 11) is 0. The number of halogens is 1. The molecule has 0 aliphatic heterocycles. The maximum Gasteiger partial charge on any atom is 0.0592 e. The molecule has 2 aromatic rings. The van der Waals surface area contributed by atoms with Gasteiger partial charge in [0.1, 0.15) is 0 Å². The van der Waals surface area contributed by atoms with Gasteiger partial charge in [-0.3, -0.25) is 4.98 Å². The Morgan fingerprint density at radius 2 is 1.90 bits per heavy atom. The van der Waals surface area contributed by atoms with Crippen LogP contribution in [0.5, 0.6) is 0 Å². The van der Waals surface area contributed by atoms with Crippen LogP contribution < -0.4 is 5.73 Å². The summed E-state index contributed by atoms with van der Waals surface area (Å²) in [5, 5.41) is 0.719. The maximum absolute atomic E-state index is 6.05. The van der Waals surface area contributed by atoms with Crippen molar-refractivity contribution in [2.45, 2.75) is 39.0 Å². The summed E-state index contributed by atoms with van der Waals surface area (Å²) in [6, 6.07) is 10.7. The largest absolute Gasteiger partial charge is 0.330 e. The molecule has 1 heterocycles. The molecule has 0 saturated heterocycles. The zero-order valence-corrected chi connectivity index (χ0v) is 13.5. The van der Waals surface area contributed by atoms with Crippen LogP contribution >= 0.6 is 11.6 Å². The third-order valence-corrected chi connectivity index (χ3v) is 4.12. The van der Waals surface area contributed by atoms with Gasteiger partial charge in [-0.15, -0.1) is 0 Å². The van der Waals surface area contributed by atoms with Gasteiger partial charge in [0.2, 0.25) is 0 Å². The molecule has 112 valence electrons. The second kappa shape index (κ2) is 7.58. The van der Waals surface area contributed by atoms with Crippen LogP contribution in [0.4, 0.5) is 0 Å². The summed E-state index contributed by atoms with van der Waals surface area (Å²) >= 11 is 6.05. The van der Waals surface area contributed by atoms with Crippen LogP contribution in [0, 0.1) is 0 Å². The number of fused-ring (bicyclic) bond motifs is 2. The zero-order chi connectivity index (χ0) is 15.2. The fourth-order valence-corrected chi connectivity index (χ4v) is 3.07. The minimum absolute atomic E-state index is 0.351. The summed E-state index contributed by atoms with van der Waals surface area (Å²) in [6.07, 6.45) is 4.67. The number of nitrogens with two attached hydrogens (primary N) is 1. The van der Waals surface area contributed by atoms with E-state index in [1.54, 1.807) is 6.20 Å². The molecular weight excluding hydrogens is 280 g/mol. The molecule has 1 aromatic heterocycles. The first kappa shape index (κ1) is 16.0. The van der Waals surface area contributed by atoms with E-state index in [-0.39, 0.29) is 0 Å². The quantitative estimate of drug-likeness (QED) is 0.859. The van der Waals surface area contributed by atoms with E-state index in [1.165, 1.54) is 16.7 Å². The van der Waals surface area contributed by atoms with Crippen LogP contribution in [-0.4, -0.2) is 11.5 Å². The highest BCUT2D eigenvalue weighted by molar-refractivity contribution is 6.30. The Bertz CT molecular complexity index is 596. The van der Waals surface area contributed by atoms with E-state index >= 15 is 0 Å². The third-order valence-electron chi connectivity index (χ3n) is 3.91. The summed E-state index contributed by atoms with van der Waals surface area (Å²) in [4.78, 5) is 4.50. The van der Waals surface area contributed by atoms with Gasteiger partial charge in [0.25, 0.3) is 0 Å². The number of aromatic nitrogens is 1. The van der Waals surface area contributed by atoms with Crippen molar-refractivity contribution in [3.63, 3.8) is 0 Å². The molecular formula is C18H23ClN2. The topological polar surface area (TPSA) is 38.9 Å². The minimum Gasteiger partial charge on any atom is -0.330 e. The Hall–Kier alpha value is -1.38. The second-order valence-corrected chi connectivity index (χ2v) is 5.53. The van der Waals surface area contributed by atoms with E-state index in [2.05, 4.69) is 29.2 Å². The average Bonchev–Trinajstić information content (AvgIpc) is 2.52. The van der Waals surface area contributed by atoms with Crippen molar-refractivity contribution in [1.29, 1.82) is 0 Å². The summed E-state index contributed by atoms with van der Waals surface area (Å²) in [5.74, 6) is 0.351. The SMILES string of the molecule is CC.NC[C@@H]1Cc2ncc(Cl)cc2CCc2ccccc21. The minimum atomic E-state index is 0.351. The summed E-state index contributed by atoms with van der Waals surface area (Å²) in [6.45, 7) is 4.65. The lowest BCUT2D eigenvalue weighted by Gasteiger charge is -2.23. The molecule has 0 spiro atoms. The molecule has 1 atom stereocenters. The Kier molecular flexibility index (Phi) is 5.77. The first-order valence-electron chi connectivity index (χ1n) is 7.69. The molecule has 3 heteroatoms. The predicted octanol–water partition coefficient (Wildman–Crippen LogP) is 4.14. The average molecular weight is 303 g/mol. The number of pyridine rings is 1. The third kappa shape index (κ3) is 3.63. The van der Waals surface area contributed by atoms with Gasteiger partial charge in [-0.05, 0) is 48.6 Å². The van der Waals surface area contributed by atoms with Crippen molar-refractivity contribution < 1.29 is 0 Å². The van der Waals surface area contributed by atoms with Crippen molar-refractivity contribution in [3.8, 4) is 0 Å². The summed E-state index contributed by atoms with van der Waals surface area (Å²) in [5.41, 5.74) is 11.2. The molecule has 3 rings (SSSR count). The number of aryl methyl sites for hydroxylation is 2. The lowest BCUT2D eigenvalue weighted by molar-refractivity contribution is 0.653. The Labute approximate surface area is 132 Å². The summed E-state index contributed by atoms with van der Waals surface area (Å²) < 4.78 is 0. The van der Waals surface area contributed by atoms with Crippen molar-refractivity contribution in [2.75, 3.05) is 6.54 Å². The maximum atomic E-state index is 6.05. The number of hydrogen-bond acceptors (Lipinski definition) is 2.